The van der Waals surface area contributed by atoms with E-state index >= 15 is 0 Å². The van der Waals surface area contributed by atoms with Crippen LogP contribution < -0.4 is 9.75 Å². The lowest BCUT2D eigenvalue weighted by molar-refractivity contribution is -0.190. The zero-order chi connectivity index (χ0) is 18.3. The summed E-state index contributed by atoms with van der Waals surface area (Å²) in [5.74, 6) is 2.43. The Bertz CT molecular complexity index is 745. The molecule has 140 valence electrons. The van der Waals surface area contributed by atoms with Crippen molar-refractivity contribution in [1.29, 1.82) is 0 Å². The third-order valence-electron chi connectivity index (χ3n) is 7.26. The van der Waals surface area contributed by atoms with E-state index in [1.54, 1.807) is 7.11 Å². The summed E-state index contributed by atoms with van der Waals surface area (Å²) < 4.78 is 5.58. The molecule has 5 heteroatoms. The number of hydrazine groups is 1. The number of carbonyl (C=O) groups is 1. The largest absolute Gasteiger partial charge is 0.495 e. The van der Waals surface area contributed by atoms with Crippen LogP contribution in [0.5, 0.6) is 5.75 Å². The highest BCUT2D eigenvalue weighted by Crippen LogP contribution is 2.59. The Hall–Kier alpha value is -1.75. The maximum Gasteiger partial charge on any atom is 0.268 e. The standard InChI is InChI=1S/C21H28N2O3/c1-20(2)19(24)22(23(20)16-6-4-5-7-17(16)26-3)18-14-8-13-9-15(18)12-21(25,10-13)11-14/h4-7,13-15,18,25H,8-12H2,1-3H3/t13?,14?,15?,18-,21+. The zero-order valence-electron chi connectivity index (χ0n) is 15.8. The van der Waals surface area contributed by atoms with Gasteiger partial charge in [0, 0.05) is 0 Å². The first-order valence-electron chi connectivity index (χ1n) is 9.83. The molecule has 2 atom stereocenters. The first-order chi connectivity index (χ1) is 12.3. The van der Waals surface area contributed by atoms with E-state index in [2.05, 4.69) is 5.01 Å². The van der Waals surface area contributed by atoms with Crippen LogP contribution in [0.15, 0.2) is 24.3 Å². The lowest BCUT2D eigenvalue weighted by Gasteiger charge is -2.67. The van der Waals surface area contributed by atoms with Crippen molar-refractivity contribution in [2.24, 2.45) is 17.8 Å². The van der Waals surface area contributed by atoms with Gasteiger partial charge in [-0.15, -0.1) is 0 Å². The molecule has 1 N–H and O–H groups in total. The maximum absolute atomic E-state index is 13.2. The number of nitrogens with zero attached hydrogens (tertiary/aromatic N) is 2. The van der Waals surface area contributed by atoms with Crippen molar-refractivity contribution in [3.05, 3.63) is 24.3 Å². The number of hydrogen-bond donors (Lipinski definition) is 1. The average molecular weight is 356 g/mol. The van der Waals surface area contributed by atoms with E-state index in [1.165, 1.54) is 0 Å². The van der Waals surface area contributed by atoms with Gasteiger partial charge in [-0.25, -0.2) is 5.01 Å². The molecule has 1 amide bonds. The van der Waals surface area contributed by atoms with E-state index in [4.69, 9.17) is 4.74 Å². The summed E-state index contributed by atoms with van der Waals surface area (Å²) in [5, 5.41) is 15.0. The second-order valence-electron chi connectivity index (χ2n) is 9.38. The minimum Gasteiger partial charge on any atom is -0.495 e. The van der Waals surface area contributed by atoms with Gasteiger partial charge in [0.05, 0.1) is 18.8 Å². The fourth-order valence-corrected chi connectivity index (χ4v) is 6.53. The van der Waals surface area contributed by atoms with Gasteiger partial charge in [-0.1, -0.05) is 12.1 Å². The SMILES string of the molecule is COc1ccccc1N1N([C@H]2C3CC4CC2C[C@@](O)(C4)C3)C(=O)C1(C)C. The van der Waals surface area contributed by atoms with Crippen LogP contribution >= 0.6 is 0 Å². The summed E-state index contributed by atoms with van der Waals surface area (Å²) in [5.41, 5.74) is -0.0987. The molecule has 1 heterocycles. The molecule has 1 aliphatic heterocycles. The number of benzene rings is 1. The fraction of sp³-hybridized carbons (Fsp3) is 0.667. The van der Waals surface area contributed by atoms with Gasteiger partial charge < -0.3 is 9.84 Å². The number of anilines is 1. The summed E-state index contributed by atoms with van der Waals surface area (Å²) in [6, 6.07) is 8.14. The van der Waals surface area contributed by atoms with Gasteiger partial charge in [0.1, 0.15) is 17.0 Å². The summed E-state index contributed by atoms with van der Waals surface area (Å²) in [6.07, 6.45) is 4.94. The molecule has 1 aromatic carbocycles. The minimum absolute atomic E-state index is 0.188. The number of hydrogen-bond acceptors (Lipinski definition) is 4. The Kier molecular flexibility index (Phi) is 3.26. The summed E-state index contributed by atoms with van der Waals surface area (Å²) in [4.78, 5) is 13.2. The molecule has 0 aromatic heterocycles. The Balaban J connectivity index is 1.53. The molecular formula is C21H28N2O3. The molecule has 5 nitrogen and oxygen atoms in total. The van der Waals surface area contributed by atoms with E-state index in [9.17, 15) is 9.90 Å². The molecule has 4 bridgehead atoms. The molecule has 0 radical (unpaired) electrons. The van der Waals surface area contributed by atoms with Crippen LogP contribution in [0.25, 0.3) is 0 Å². The predicted molar refractivity (Wildman–Crippen MR) is 98.7 cm³/mol. The Morgan fingerprint density at radius 3 is 2.38 bits per heavy atom. The van der Waals surface area contributed by atoms with Crippen LogP contribution in [-0.2, 0) is 4.79 Å². The molecule has 6 rings (SSSR count). The van der Waals surface area contributed by atoms with Crippen molar-refractivity contribution in [2.75, 3.05) is 12.1 Å². The monoisotopic (exact) mass is 356 g/mol. The van der Waals surface area contributed by atoms with Gasteiger partial charge in [0.15, 0.2) is 0 Å². The van der Waals surface area contributed by atoms with Crippen molar-refractivity contribution >= 4 is 11.6 Å². The summed E-state index contributed by atoms with van der Waals surface area (Å²) in [7, 11) is 1.68. The number of aliphatic hydroxyl groups is 1. The van der Waals surface area contributed by atoms with Gasteiger partial charge in [-0.2, -0.15) is 0 Å². The lowest BCUT2D eigenvalue weighted by Crippen LogP contribution is -2.81. The molecule has 1 saturated heterocycles. The van der Waals surface area contributed by atoms with Crippen molar-refractivity contribution < 1.29 is 14.6 Å². The first-order valence-corrected chi connectivity index (χ1v) is 9.83. The number of carbonyl (C=O) groups excluding carboxylic acids is 1. The molecule has 5 aliphatic rings. The molecule has 4 aliphatic carbocycles. The first kappa shape index (κ1) is 16.4. The second-order valence-corrected chi connectivity index (χ2v) is 9.38. The highest BCUT2D eigenvalue weighted by Gasteiger charge is 2.63. The van der Waals surface area contributed by atoms with E-state index in [0.29, 0.717) is 17.8 Å². The highest BCUT2D eigenvalue weighted by molar-refractivity contribution is 5.98. The number of para-hydroxylation sites is 2. The third-order valence-corrected chi connectivity index (χ3v) is 7.26. The molecule has 0 spiro atoms. The maximum atomic E-state index is 13.2. The Labute approximate surface area is 154 Å². The molecule has 4 saturated carbocycles. The summed E-state index contributed by atoms with van der Waals surface area (Å²) >= 11 is 0. The topological polar surface area (TPSA) is 53.0 Å². The molecular weight excluding hydrogens is 328 g/mol. The van der Waals surface area contributed by atoms with Crippen LogP contribution in [0.4, 0.5) is 5.69 Å². The van der Waals surface area contributed by atoms with Crippen molar-refractivity contribution in [2.45, 2.75) is 63.1 Å². The van der Waals surface area contributed by atoms with E-state index < -0.39 is 11.1 Å². The predicted octanol–water partition coefficient (Wildman–Crippen LogP) is 2.98. The van der Waals surface area contributed by atoms with Crippen molar-refractivity contribution in [1.82, 2.24) is 5.01 Å². The normalized spacial score (nSPS) is 39.9. The second kappa shape index (κ2) is 5.16. The average Bonchev–Trinajstić information content (AvgIpc) is 2.58. The number of methoxy groups -OCH3 is 1. The zero-order valence-corrected chi connectivity index (χ0v) is 15.8. The van der Waals surface area contributed by atoms with E-state index in [1.807, 2.05) is 43.1 Å². The lowest BCUT2D eigenvalue weighted by atomic mass is 9.52. The number of rotatable bonds is 3. The van der Waals surface area contributed by atoms with Gasteiger partial charge >= 0.3 is 0 Å². The van der Waals surface area contributed by atoms with E-state index in [-0.39, 0.29) is 11.9 Å². The van der Waals surface area contributed by atoms with E-state index in [0.717, 1.165) is 43.5 Å². The molecule has 2 unspecified atom stereocenters. The van der Waals surface area contributed by atoms with Crippen LogP contribution in [0, 0.1) is 17.8 Å². The van der Waals surface area contributed by atoms with Gasteiger partial charge in [-0.05, 0) is 75.8 Å². The van der Waals surface area contributed by atoms with Crippen molar-refractivity contribution in [3.63, 3.8) is 0 Å². The van der Waals surface area contributed by atoms with Crippen LogP contribution in [0.2, 0.25) is 0 Å². The smallest absolute Gasteiger partial charge is 0.268 e. The Morgan fingerprint density at radius 2 is 1.77 bits per heavy atom. The minimum atomic E-state index is -0.569. The molecule has 26 heavy (non-hydrogen) atoms. The fourth-order valence-electron chi connectivity index (χ4n) is 6.53. The summed E-state index contributed by atoms with van der Waals surface area (Å²) in [6.45, 7) is 3.98. The quantitative estimate of drug-likeness (QED) is 0.905. The van der Waals surface area contributed by atoms with Crippen LogP contribution in [0.3, 0.4) is 0 Å². The van der Waals surface area contributed by atoms with Crippen molar-refractivity contribution in [3.8, 4) is 5.75 Å². The van der Waals surface area contributed by atoms with Crippen LogP contribution in [0.1, 0.15) is 46.0 Å². The highest BCUT2D eigenvalue weighted by atomic mass is 16.5. The molecule has 5 fully saturated rings. The number of ether oxygens (including phenoxy) is 1. The van der Waals surface area contributed by atoms with Crippen LogP contribution in [-0.4, -0.2) is 40.3 Å². The molecule has 1 aromatic rings. The van der Waals surface area contributed by atoms with Gasteiger partial charge in [-0.3, -0.25) is 9.80 Å². The van der Waals surface area contributed by atoms with Gasteiger partial charge in [0.25, 0.3) is 5.91 Å². The Morgan fingerprint density at radius 1 is 1.12 bits per heavy atom. The van der Waals surface area contributed by atoms with Gasteiger partial charge in [0.2, 0.25) is 0 Å². The third kappa shape index (κ3) is 2.04. The number of amides is 1.